The Balaban J connectivity index is 1.41. The highest BCUT2D eigenvalue weighted by atomic mass is 32.2. The smallest absolute Gasteiger partial charge is 0.253 e. The zero-order valence-electron chi connectivity index (χ0n) is 19.4. The van der Waals surface area contributed by atoms with E-state index < -0.39 is 10.0 Å². The van der Waals surface area contributed by atoms with Crippen LogP contribution in [0.1, 0.15) is 10.4 Å². The number of sulfonamides is 1. The molecule has 34 heavy (non-hydrogen) atoms. The fourth-order valence-corrected chi connectivity index (χ4v) is 4.64. The van der Waals surface area contributed by atoms with Crippen molar-refractivity contribution in [2.75, 3.05) is 52.3 Å². The molecule has 10 heteroatoms. The maximum absolute atomic E-state index is 12.9. The lowest BCUT2D eigenvalue weighted by Gasteiger charge is -2.35. The molecule has 4 rings (SSSR count). The lowest BCUT2D eigenvalue weighted by Crippen LogP contribution is -2.49. The Hall–Kier alpha value is -3.50. The second-order valence-electron chi connectivity index (χ2n) is 8.08. The van der Waals surface area contributed by atoms with Gasteiger partial charge >= 0.3 is 0 Å². The molecule has 2 heterocycles. The van der Waals surface area contributed by atoms with Crippen LogP contribution in [0.25, 0.3) is 11.3 Å². The summed E-state index contributed by atoms with van der Waals surface area (Å²) >= 11 is 0. The van der Waals surface area contributed by atoms with Gasteiger partial charge in [0.1, 0.15) is 17.9 Å². The number of benzene rings is 2. The minimum Gasteiger partial charge on any atom is -0.497 e. The second-order valence-corrected chi connectivity index (χ2v) is 10.2. The van der Waals surface area contributed by atoms with E-state index in [1.54, 1.807) is 30.5 Å². The van der Waals surface area contributed by atoms with Gasteiger partial charge in [-0.15, -0.1) is 0 Å². The SMILES string of the molecule is COc1ccc(-c2cc(N3CCN(C(=O)c4ccc(S(=O)(=O)N(C)C)cc4)CC3)ncn2)cc1. The number of rotatable bonds is 6. The molecule has 1 aromatic heterocycles. The Morgan fingerprint density at radius 1 is 0.941 bits per heavy atom. The minimum absolute atomic E-state index is 0.116. The second kappa shape index (κ2) is 9.78. The molecule has 0 N–H and O–H groups in total. The number of ether oxygens (including phenoxy) is 1. The summed E-state index contributed by atoms with van der Waals surface area (Å²) in [7, 11) is 1.06. The first-order valence-corrected chi connectivity index (χ1v) is 12.3. The van der Waals surface area contributed by atoms with E-state index >= 15 is 0 Å². The van der Waals surface area contributed by atoms with Gasteiger partial charge in [-0.3, -0.25) is 4.79 Å². The molecular formula is C24H27N5O4S. The molecule has 1 amide bonds. The van der Waals surface area contributed by atoms with E-state index in [1.165, 1.54) is 26.2 Å². The number of anilines is 1. The first-order chi connectivity index (χ1) is 16.3. The van der Waals surface area contributed by atoms with Crippen molar-refractivity contribution in [3.8, 4) is 17.0 Å². The first kappa shape index (κ1) is 23.7. The van der Waals surface area contributed by atoms with Crippen LogP contribution in [0, 0.1) is 0 Å². The lowest BCUT2D eigenvalue weighted by atomic mass is 10.1. The Morgan fingerprint density at radius 2 is 1.59 bits per heavy atom. The lowest BCUT2D eigenvalue weighted by molar-refractivity contribution is 0.0746. The van der Waals surface area contributed by atoms with E-state index in [1.807, 2.05) is 30.3 Å². The standard InChI is InChI=1S/C24H27N5O4S/c1-27(2)34(31,32)21-10-6-19(7-11-21)24(30)29-14-12-28(13-15-29)23-16-22(25-17-26-23)18-4-8-20(33-3)9-5-18/h4-11,16-17H,12-15H2,1-3H3. The highest BCUT2D eigenvalue weighted by molar-refractivity contribution is 7.89. The Bertz CT molecular complexity index is 1250. The molecule has 1 aliphatic heterocycles. The van der Waals surface area contributed by atoms with Gasteiger partial charge in [0, 0.05) is 57.5 Å². The van der Waals surface area contributed by atoms with Crippen LogP contribution in [-0.4, -0.2) is 80.9 Å². The summed E-state index contributed by atoms with van der Waals surface area (Å²) in [4.78, 5) is 25.8. The third-order valence-electron chi connectivity index (χ3n) is 5.81. The van der Waals surface area contributed by atoms with Gasteiger partial charge in [-0.05, 0) is 48.5 Å². The van der Waals surface area contributed by atoms with Crippen LogP contribution in [0.3, 0.4) is 0 Å². The van der Waals surface area contributed by atoms with Crippen LogP contribution in [-0.2, 0) is 10.0 Å². The minimum atomic E-state index is -3.53. The van der Waals surface area contributed by atoms with Crippen LogP contribution in [0.4, 0.5) is 5.82 Å². The van der Waals surface area contributed by atoms with Crippen molar-refractivity contribution in [1.29, 1.82) is 0 Å². The van der Waals surface area contributed by atoms with Gasteiger partial charge in [0.25, 0.3) is 5.91 Å². The van der Waals surface area contributed by atoms with Gasteiger partial charge in [0.05, 0.1) is 17.7 Å². The number of nitrogens with zero attached hydrogens (tertiary/aromatic N) is 5. The summed E-state index contributed by atoms with van der Waals surface area (Å²) in [5.41, 5.74) is 2.26. The van der Waals surface area contributed by atoms with E-state index in [-0.39, 0.29) is 10.8 Å². The molecule has 0 bridgehead atoms. The van der Waals surface area contributed by atoms with Crippen molar-refractivity contribution in [1.82, 2.24) is 19.2 Å². The average molecular weight is 482 g/mol. The quantitative estimate of drug-likeness (QED) is 0.533. The first-order valence-electron chi connectivity index (χ1n) is 10.8. The number of piperazine rings is 1. The molecule has 2 aromatic carbocycles. The number of hydrogen-bond donors (Lipinski definition) is 0. The van der Waals surface area contributed by atoms with E-state index in [0.29, 0.717) is 31.7 Å². The molecule has 178 valence electrons. The summed E-state index contributed by atoms with van der Waals surface area (Å²) in [6.07, 6.45) is 1.55. The highest BCUT2D eigenvalue weighted by Crippen LogP contribution is 2.24. The number of amides is 1. The highest BCUT2D eigenvalue weighted by Gasteiger charge is 2.24. The normalized spacial score (nSPS) is 14.4. The van der Waals surface area contributed by atoms with Crippen molar-refractivity contribution in [3.05, 3.63) is 66.5 Å². The summed E-state index contributed by atoms with van der Waals surface area (Å²) in [6.45, 7) is 2.35. The maximum Gasteiger partial charge on any atom is 0.253 e. The van der Waals surface area contributed by atoms with Gasteiger partial charge < -0.3 is 14.5 Å². The zero-order valence-corrected chi connectivity index (χ0v) is 20.2. The van der Waals surface area contributed by atoms with E-state index in [9.17, 15) is 13.2 Å². The number of carbonyl (C=O) groups excluding carboxylic acids is 1. The fraction of sp³-hybridized carbons (Fsp3) is 0.292. The molecule has 3 aromatic rings. The summed E-state index contributed by atoms with van der Waals surface area (Å²) in [5, 5.41) is 0. The molecule has 1 aliphatic rings. The number of methoxy groups -OCH3 is 1. The van der Waals surface area contributed by atoms with Crippen molar-refractivity contribution < 1.29 is 17.9 Å². The van der Waals surface area contributed by atoms with Crippen LogP contribution in [0.5, 0.6) is 5.75 Å². The van der Waals surface area contributed by atoms with Crippen molar-refractivity contribution in [2.45, 2.75) is 4.90 Å². The van der Waals surface area contributed by atoms with Crippen LogP contribution in [0.15, 0.2) is 65.8 Å². The Morgan fingerprint density at radius 3 is 2.18 bits per heavy atom. The van der Waals surface area contributed by atoms with Crippen LogP contribution >= 0.6 is 0 Å². The summed E-state index contributed by atoms with van der Waals surface area (Å²) in [5.74, 6) is 1.48. The monoisotopic (exact) mass is 481 g/mol. The van der Waals surface area contributed by atoms with Gasteiger partial charge in [-0.25, -0.2) is 22.7 Å². The van der Waals surface area contributed by atoms with Crippen molar-refractivity contribution >= 4 is 21.7 Å². The Kier molecular flexibility index (Phi) is 6.80. The third kappa shape index (κ3) is 4.87. The van der Waals surface area contributed by atoms with E-state index in [0.717, 1.165) is 27.1 Å². The number of carbonyl (C=O) groups is 1. The van der Waals surface area contributed by atoms with Gasteiger partial charge in [-0.1, -0.05) is 0 Å². The topological polar surface area (TPSA) is 95.9 Å². The van der Waals surface area contributed by atoms with Gasteiger partial charge in [0.15, 0.2) is 0 Å². The summed E-state index contributed by atoms with van der Waals surface area (Å²) < 4.78 is 30.8. The van der Waals surface area contributed by atoms with Gasteiger partial charge in [-0.2, -0.15) is 0 Å². The molecule has 0 saturated carbocycles. The molecule has 0 spiro atoms. The van der Waals surface area contributed by atoms with E-state index in [4.69, 9.17) is 4.74 Å². The van der Waals surface area contributed by atoms with Crippen molar-refractivity contribution in [3.63, 3.8) is 0 Å². The molecule has 1 fully saturated rings. The van der Waals surface area contributed by atoms with E-state index in [2.05, 4.69) is 14.9 Å². The molecule has 1 saturated heterocycles. The Labute approximate surface area is 199 Å². The average Bonchev–Trinajstić information content (AvgIpc) is 2.88. The largest absolute Gasteiger partial charge is 0.497 e. The van der Waals surface area contributed by atoms with Gasteiger partial charge in [0.2, 0.25) is 10.0 Å². The summed E-state index contributed by atoms with van der Waals surface area (Å²) in [6, 6.07) is 15.7. The fourth-order valence-electron chi connectivity index (χ4n) is 3.74. The molecule has 0 aliphatic carbocycles. The molecule has 9 nitrogen and oxygen atoms in total. The maximum atomic E-state index is 12.9. The third-order valence-corrected chi connectivity index (χ3v) is 7.64. The molecule has 0 atom stereocenters. The molecular weight excluding hydrogens is 454 g/mol. The van der Waals surface area contributed by atoms with Crippen molar-refractivity contribution in [2.24, 2.45) is 0 Å². The molecule has 0 radical (unpaired) electrons. The zero-order chi connectivity index (χ0) is 24.3. The van der Waals surface area contributed by atoms with Crippen LogP contribution < -0.4 is 9.64 Å². The predicted molar refractivity (Wildman–Crippen MR) is 129 cm³/mol. The molecule has 0 unspecified atom stereocenters. The van der Waals surface area contributed by atoms with Crippen LogP contribution in [0.2, 0.25) is 0 Å². The number of aromatic nitrogens is 2. The predicted octanol–water partition coefficient (Wildman–Crippen LogP) is 2.36. The number of hydrogen-bond acceptors (Lipinski definition) is 7.